The Hall–Kier alpha value is -3.21. The van der Waals surface area contributed by atoms with E-state index in [1.54, 1.807) is 12.4 Å². The Bertz CT molecular complexity index is 878. The Morgan fingerprint density at radius 3 is 2.48 bits per heavy atom. The van der Waals surface area contributed by atoms with Gasteiger partial charge in [0, 0.05) is 30.3 Å². The summed E-state index contributed by atoms with van der Waals surface area (Å²) < 4.78 is 0. The molecule has 124 valence electrons. The summed E-state index contributed by atoms with van der Waals surface area (Å²) in [5.41, 5.74) is 3.65. The normalized spacial score (nSPS) is 13.2. The number of nitrogens with one attached hydrogen (secondary N) is 1. The molecule has 0 radical (unpaired) electrons. The van der Waals surface area contributed by atoms with Gasteiger partial charge in [0.05, 0.1) is 5.56 Å². The molecule has 3 aromatic rings. The van der Waals surface area contributed by atoms with E-state index >= 15 is 0 Å². The van der Waals surface area contributed by atoms with E-state index in [9.17, 15) is 4.79 Å². The fourth-order valence-electron chi connectivity index (χ4n) is 3.04. The molecule has 2 heterocycles. The van der Waals surface area contributed by atoms with Gasteiger partial charge in [-0.05, 0) is 36.6 Å². The lowest BCUT2D eigenvalue weighted by atomic mass is 10.0. The van der Waals surface area contributed by atoms with Crippen LogP contribution in [0, 0.1) is 0 Å². The van der Waals surface area contributed by atoms with Gasteiger partial charge in [-0.15, -0.1) is 0 Å². The number of aromatic nitrogens is 2. The van der Waals surface area contributed by atoms with Gasteiger partial charge in [-0.3, -0.25) is 4.79 Å². The lowest BCUT2D eigenvalue weighted by Crippen LogP contribution is -2.26. The van der Waals surface area contributed by atoms with Crippen LogP contribution in [0.2, 0.25) is 0 Å². The van der Waals surface area contributed by atoms with Crippen molar-refractivity contribution >= 4 is 23.2 Å². The second-order valence-electron chi connectivity index (χ2n) is 5.98. The van der Waals surface area contributed by atoms with Crippen LogP contribution in [0.5, 0.6) is 0 Å². The molecule has 0 bridgehead atoms. The summed E-state index contributed by atoms with van der Waals surface area (Å²) in [5.74, 6) is 0.417. The molecular formula is C20H18N4O. The van der Waals surface area contributed by atoms with E-state index in [1.165, 1.54) is 5.56 Å². The smallest absolute Gasteiger partial charge is 0.258 e. The van der Waals surface area contributed by atoms with E-state index in [2.05, 4.69) is 38.4 Å². The number of anilines is 3. The van der Waals surface area contributed by atoms with Crippen LogP contribution in [0.4, 0.5) is 17.3 Å². The van der Waals surface area contributed by atoms with Gasteiger partial charge in [-0.25, -0.2) is 9.97 Å². The predicted octanol–water partition coefficient (Wildman–Crippen LogP) is 3.81. The average molecular weight is 330 g/mol. The van der Waals surface area contributed by atoms with E-state index < -0.39 is 0 Å². The number of carbonyl (C=O) groups is 1. The van der Waals surface area contributed by atoms with Gasteiger partial charge in [0.1, 0.15) is 0 Å². The molecule has 0 atom stereocenters. The highest BCUT2D eigenvalue weighted by Crippen LogP contribution is 2.31. The third-order valence-electron chi connectivity index (χ3n) is 4.28. The third kappa shape index (κ3) is 3.21. The number of hydrogen-bond donors (Lipinski definition) is 1. The number of nitrogens with zero attached hydrogens (tertiary/aromatic N) is 3. The molecule has 4 rings (SSSR count). The van der Waals surface area contributed by atoms with Crippen molar-refractivity contribution in [2.24, 2.45) is 0 Å². The van der Waals surface area contributed by atoms with E-state index in [4.69, 9.17) is 0 Å². The standard InChI is InChI=1S/C20H18N4O/c25-19(23-17-9-2-1-3-10-17)16-13-21-20(22-14-16)24-12-6-8-15-7-4-5-11-18(15)24/h1-5,7,9-11,13-14H,6,8,12H2,(H,23,25). The molecule has 1 aliphatic heterocycles. The van der Waals surface area contributed by atoms with Gasteiger partial charge in [-0.2, -0.15) is 0 Å². The van der Waals surface area contributed by atoms with Crippen molar-refractivity contribution < 1.29 is 4.79 Å². The summed E-state index contributed by atoms with van der Waals surface area (Å²) >= 11 is 0. The van der Waals surface area contributed by atoms with Gasteiger partial charge < -0.3 is 10.2 Å². The quantitative estimate of drug-likeness (QED) is 0.793. The van der Waals surface area contributed by atoms with Crippen molar-refractivity contribution in [1.29, 1.82) is 0 Å². The van der Waals surface area contributed by atoms with Gasteiger partial charge in [-0.1, -0.05) is 36.4 Å². The number of amides is 1. The molecule has 5 heteroatoms. The summed E-state index contributed by atoms with van der Waals surface area (Å²) in [6, 6.07) is 17.7. The summed E-state index contributed by atoms with van der Waals surface area (Å²) in [5, 5.41) is 2.84. The molecule has 1 amide bonds. The monoisotopic (exact) mass is 330 g/mol. The van der Waals surface area contributed by atoms with Crippen LogP contribution < -0.4 is 10.2 Å². The van der Waals surface area contributed by atoms with Crippen molar-refractivity contribution in [2.75, 3.05) is 16.8 Å². The first-order valence-electron chi connectivity index (χ1n) is 8.35. The Balaban J connectivity index is 1.54. The van der Waals surface area contributed by atoms with E-state index in [0.717, 1.165) is 30.8 Å². The minimum absolute atomic E-state index is 0.211. The van der Waals surface area contributed by atoms with Gasteiger partial charge in [0.25, 0.3) is 5.91 Å². The minimum Gasteiger partial charge on any atom is -0.322 e. The molecule has 1 aromatic heterocycles. The van der Waals surface area contributed by atoms with Crippen molar-refractivity contribution in [3.63, 3.8) is 0 Å². The minimum atomic E-state index is -0.211. The molecule has 5 nitrogen and oxygen atoms in total. The molecule has 1 aliphatic rings. The highest BCUT2D eigenvalue weighted by Gasteiger charge is 2.20. The van der Waals surface area contributed by atoms with Gasteiger partial charge in [0.15, 0.2) is 0 Å². The number of benzene rings is 2. The maximum Gasteiger partial charge on any atom is 0.258 e. The highest BCUT2D eigenvalue weighted by atomic mass is 16.1. The molecule has 25 heavy (non-hydrogen) atoms. The van der Waals surface area contributed by atoms with Gasteiger partial charge in [0.2, 0.25) is 5.95 Å². The van der Waals surface area contributed by atoms with Crippen LogP contribution in [0.25, 0.3) is 0 Å². The third-order valence-corrected chi connectivity index (χ3v) is 4.28. The number of aryl methyl sites for hydroxylation is 1. The maximum atomic E-state index is 12.3. The number of fused-ring (bicyclic) bond motifs is 1. The van der Waals surface area contributed by atoms with Crippen molar-refractivity contribution in [1.82, 2.24) is 9.97 Å². The van der Waals surface area contributed by atoms with Crippen LogP contribution >= 0.6 is 0 Å². The van der Waals surface area contributed by atoms with Crippen LogP contribution in [0.15, 0.2) is 67.0 Å². The number of carbonyl (C=O) groups excluding carboxylic acids is 1. The fourth-order valence-corrected chi connectivity index (χ4v) is 3.04. The van der Waals surface area contributed by atoms with E-state index in [-0.39, 0.29) is 5.91 Å². The van der Waals surface area contributed by atoms with Crippen LogP contribution in [0.1, 0.15) is 22.3 Å². The highest BCUT2D eigenvalue weighted by molar-refractivity contribution is 6.03. The molecule has 1 N–H and O–H groups in total. The average Bonchev–Trinajstić information content (AvgIpc) is 2.68. The van der Waals surface area contributed by atoms with Gasteiger partial charge >= 0.3 is 0 Å². The Morgan fingerprint density at radius 2 is 1.68 bits per heavy atom. The van der Waals surface area contributed by atoms with E-state index in [1.807, 2.05) is 36.4 Å². The lowest BCUT2D eigenvalue weighted by molar-refractivity contribution is 0.102. The molecule has 0 spiro atoms. The zero-order valence-electron chi connectivity index (χ0n) is 13.7. The second-order valence-corrected chi connectivity index (χ2v) is 5.98. The second kappa shape index (κ2) is 6.73. The van der Waals surface area contributed by atoms with Crippen molar-refractivity contribution in [3.8, 4) is 0 Å². The topological polar surface area (TPSA) is 58.1 Å². The summed E-state index contributed by atoms with van der Waals surface area (Å²) in [6.45, 7) is 0.882. The van der Waals surface area contributed by atoms with Crippen LogP contribution in [-0.4, -0.2) is 22.4 Å². The Morgan fingerprint density at radius 1 is 0.960 bits per heavy atom. The SMILES string of the molecule is O=C(Nc1ccccc1)c1cnc(N2CCCc3ccccc32)nc1. The molecular weight excluding hydrogens is 312 g/mol. The number of rotatable bonds is 3. The van der Waals surface area contributed by atoms with Crippen LogP contribution in [0.3, 0.4) is 0 Å². The predicted molar refractivity (Wildman–Crippen MR) is 98.2 cm³/mol. The molecule has 0 saturated carbocycles. The first-order chi connectivity index (χ1) is 12.3. The zero-order chi connectivity index (χ0) is 17.1. The molecule has 0 saturated heterocycles. The molecule has 0 aliphatic carbocycles. The first-order valence-corrected chi connectivity index (χ1v) is 8.35. The maximum absolute atomic E-state index is 12.3. The first kappa shape index (κ1) is 15.3. The molecule has 2 aromatic carbocycles. The van der Waals surface area contributed by atoms with E-state index in [0.29, 0.717) is 11.5 Å². The zero-order valence-corrected chi connectivity index (χ0v) is 13.7. The van der Waals surface area contributed by atoms with Crippen molar-refractivity contribution in [3.05, 3.63) is 78.1 Å². The number of para-hydroxylation sites is 2. The van der Waals surface area contributed by atoms with Crippen LogP contribution in [-0.2, 0) is 6.42 Å². The Labute approximate surface area is 146 Å². The Kier molecular flexibility index (Phi) is 4.12. The lowest BCUT2D eigenvalue weighted by Gasteiger charge is -2.29. The number of hydrogen-bond acceptors (Lipinski definition) is 4. The largest absolute Gasteiger partial charge is 0.322 e. The summed E-state index contributed by atoms with van der Waals surface area (Å²) in [4.78, 5) is 23.2. The summed E-state index contributed by atoms with van der Waals surface area (Å²) in [6.07, 6.45) is 5.30. The van der Waals surface area contributed by atoms with Crippen molar-refractivity contribution in [2.45, 2.75) is 12.8 Å². The molecule has 0 unspecified atom stereocenters. The summed E-state index contributed by atoms with van der Waals surface area (Å²) in [7, 11) is 0. The fraction of sp³-hybridized carbons (Fsp3) is 0.150. The molecule has 0 fully saturated rings.